The normalized spacial score (nSPS) is 43.4. The quantitative estimate of drug-likeness (QED) is 0.389. The lowest BCUT2D eigenvalue weighted by atomic mass is 9.45. The molecule has 34 heavy (non-hydrogen) atoms. The molecule has 0 bridgehead atoms. The van der Waals surface area contributed by atoms with E-state index in [1.54, 1.807) is 12.1 Å². The summed E-state index contributed by atoms with van der Waals surface area (Å²) in [7, 11) is 0. The van der Waals surface area contributed by atoms with E-state index in [2.05, 4.69) is 26.8 Å². The van der Waals surface area contributed by atoms with E-state index in [0.717, 1.165) is 31.2 Å². The van der Waals surface area contributed by atoms with E-state index in [1.807, 2.05) is 19.1 Å². The maximum atomic E-state index is 12.5. The molecule has 3 saturated carbocycles. The second-order valence-electron chi connectivity index (χ2n) is 12.3. The minimum Gasteiger partial charge on any atom is -0.508 e. The van der Waals surface area contributed by atoms with Gasteiger partial charge in [0.05, 0.1) is 6.61 Å². The summed E-state index contributed by atoms with van der Waals surface area (Å²) in [5.74, 6) is 2.15. The van der Waals surface area contributed by atoms with Gasteiger partial charge in [0.25, 0.3) is 0 Å². The molecule has 8 atom stereocenters. The summed E-state index contributed by atoms with van der Waals surface area (Å²) in [4.78, 5) is 12.5. The van der Waals surface area contributed by atoms with Gasteiger partial charge in [-0.15, -0.1) is 0 Å². The minimum atomic E-state index is -1.13. The zero-order valence-corrected chi connectivity index (χ0v) is 21.3. The first-order chi connectivity index (χ1) is 16.1. The molecule has 1 aromatic rings. The number of hydrogen-bond acceptors (Lipinski definition) is 4. The van der Waals surface area contributed by atoms with Crippen LogP contribution in [-0.2, 0) is 16.1 Å². The van der Waals surface area contributed by atoms with E-state index in [-0.39, 0.29) is 22.5 Å². The van der Waals surface area contributed by atoms with Crippen LogP contribution in [0.2, 0.25) is 0 Å². The summed E-state index contributed by atoms with van der Waals surface area (Å²) < 4.78 is 6.12. The van der Waals surface area contributed by atoms with Crippen LogP contribution in [0.3, 0.4) is 0 Å². The van der Waals surface area contributed by atoms with Crippen molar-refractivity contribution in [2.45, 2.75) is 91.5 Å². The Kier molecular flexibility index (Phi) is 6.00. The highest BCUT2D eigenvalue weighted by molar-refractivity contribution is 5.79. The number of carbonyl (C=O) groups is 1. The number of phenolic OH excluding ortho intramolecular Hbond substituents is 1. The van der Waals surface area contributed by atoms with Crippen molar-refractivity contribution in [3.05, 3.63) is 41.5 Å². The summed E-state index contributed by atoms with van der Waals surface area (Å²) in [6.45, 7) is 9.32. The third-order valence-corrected chi connectivity index (χ3v) is 10.7. The fourth-order valence-corrected chi connectivity index (χ4v) is 8.77. The van der Waals surface area contributed by atoms with E-state index in [1.165, 1.54) is 18.4 Å². The first kappa shape index (κ1) is 24.1. The monoisotopic (exact) mass is 466 g/mol. The largest absolute Gasteiger partial charge is 0.508 e. The Morgan fingerprint density at radius 1 is 1.06 bits per heavy atom. The Balaban J connectivity index is 1.39. The number of aliphatic hydroxyl groups is 1. The zero-order chi connectivity index (χ0) is 24.3. The molecule has 1 aromatic carbocycles. The Bertz CT molecular complexity index is 967. The van der Waals surface area contributed by atoms with Gasteiger partial charge in [-0.05, 0) is 97.6 Å². The number of ketones is 1. The lowest BCUT2D eigenvalue weighted by Crippen LogP contribution is -2.55. The topological polar surface area (TPSA) is 66.8 Å². The van der Waals surface area contributed by atoms with Crippen LogP contribution < -0.4 is 0 Å². The van der Waals surface area contributed by atoms with Gasteiger partial charge in [-0.2, -0.15) is 0 Å². The molecule has 0 radical (unpaired) electrons. The van der Waals surface area contributed by atoms with Crippen LogP contribution in [0.15, 0.2) is 35.9 Å². The molecule has 0 aromatic heterocycles. The van der Waals surface area contributed by atoms with Gasteiger partial charge in [0, 0.05) is 18.8 Å². The lowest BCUT2D eigenvalue weighted by molar-refractivity contribution is -0.232. The summed E-state index contributed by atoms with van der Waals surface area (Å²) in [5.41, 5.74) is 2.62. The van der Waals surface area contributed by atoms with E-state index >= 15 is 0 Å². The van der Waals surface area contributed by atoms with E-state index in [4.69, 9.17) is 4.74 Å². The van der Waals surface area contributed by atoms with Gasteiger partial charge in [0.15, 0.2) is 5.79 Å². The molecule has 8 unspecified atom stereocenters. The summed E-state index contributed by atoms with van der Waals surface area (Å²) in [6, 6.07) is 7.01. The number of rotatable bonds is 5. The van der Waals surface area contributed by atoms with E-state index in [9.17, 15) is 15.0 Å². The highest BCUT2D eigenvalue weighted by atomic mass is 16.6. The maximum Gasteiger partial charge on any atom is 0.169 e. The smallest absolute Gasteiger partial charge is 0.169 e. The van der Waals surface area contributed by atoms with Crippen molar-refractivity contribution in [3.8, 4) is 5.75 Å². The molecule has 4 nitrogen and oxygen atoms in total. The number of hydrogen-bond donors (Lipinski definition) is 2. The van der Waals surface area contributed by atoms with E-state index < -0.39 is 5.79 Å². The molecule has 2 N–H and O–H groups in total. The van der Waals surface area contributed by atoms with Crippen LogP contribution in [-0.4, -0.2) is 21.8 Å². The zero-order valence-electron chi connectivity index (χ0n) is 21.3. The van der Waals surface area contributed by atoms with Gasteiger partial charge < -0.3 is 14.9 Å². The van der Waals surface area contributed by atoms with Gasteiger partial charge in [-0.3, -0.25) is 4.79 Å². The Morgan fingerprint density at radius 2 is 1.79 bits per heavy atom. The second kappa shape index (κ2) is 8.48. The molecule has 5 rings (SSSR count). The van der Waals surface area contributed by atoms with Gasteiger partial charge >= 0.3 is 0 Å². The molecule has 0 saturated heterocycles. The van der Waals surface area contributed by atoms with Gasteiger partial charge in [0.1, 0.15) is 11.5 Å². The van der Waals surface area contributed by atoms with Crippen molar-refractivity contribution in [2.75, 3.05) is 0 Å². The Labute approximate surface area is 204 Å². The molecule has 0 amide bonds. The molecule has 4 aliphatic rings. The van der Waals surface area contributed by atoms with Crippen LogP contribution in [0.1, 0.15) is 84.6 Å². The Hall–Kier alpha value is -1.65. The summed E-state index contributed by atoms with van der Waals surface area (Å²) in [5, 5.41) is 21.0. The standard InChI is InChI=1S/C30H42O4/c1-5-21-16-22-17-30(33,34-18-20-6-8-23(32)9-7-20)15-14-28(22,3)26-12-13-29(4)24(19(2)31)10-11-25(29)27(21)26/h6-9,16,21,24-27,32-33H,5,10-15,17-18H2,1-4H3. The molecule has 3 fully saturated rings. The SMILES string of the molecule is CCC1C=C2CC(O)(OCc3ccc(O)cc3)CCC2(C)C2CCC3(C)C(C(C)=O)CCC3C12. The number of carbonyl (C=O) groups excluding carboxylic acids is 1. The lowest BCUT2D eigenvalue weighted by Gasteiger charge is -2.60. The summed E-state index contributed by atoms with van der Waals surface area (Å²) in [6.07, 6.45) is 10.4. The van der Waals surface area contributed by atoms with Crippen molar-refractivity contribution in [2.24, 2.45) is 40.4 Å². The minimum absolute atomic E-state index is 0.111. The number of allylic oxidation sites excluding steroid dienone is 1. The number of Topliss-reactive ketones (excluding diaryl/α,β-unsaturated/α-hetero) is 1. The first-order valence-electron chi connectivity index (χ1n) is 13.5. The van der Waals surface area contributed by atoms with Crippen molar-refractivity contribution >= 4 is 5.78 Å². The molecule has 4 aliphatic carbocycles. The molecule has 4 heteroatoms. The number of ether oxygens (including phenoxy) is 1. The third-order valence-electron chi connectivity index (χ3n) is 10.7. The van der Waals surface area contributed by atoms with Crippen LogP contribution in [0.5, 0.6) is 5.75 Å². The molecule has 0 aliphatic heterocycles. The second-order valence-corrected chi connectivity index (χ2v) is 12.3. The van der Waals surface area contributed by atoms with Gasteiger partial charge in [-0.25, -0.2) is 0 Å². The van der Waals surface area contributed by atoms with Crippen molar-refractivity contribution in [3.63, 3.8) is 0 Å². The van der Waals surface area contributed by atoms with E-state index in [0.29, 0.717) is 48.9 Å². The maximum absolute atomic E-state index is 12.5. The predicted molar refractivity (Wildman–Crippen MR) is 133 cm³/mol. The van der Waals surface area contributed by atoms with Crippen molar-refractivity contribution in [1.82, 2.24) is 0 Å². The average Bonchev–Trinajstić information content (AvgIpc) is 3.16. The van der Waals surface area contributed by atoms with Gasteiger partial charge in [-0.1, -0.05) is 44.6 Å². The van der Waals surface area contributed by atoms with Crippen LogP contribution >= 0.6 is 0 Å². The van der Waals surface area contributed by atoms with Gasteiger partial charge in [0.2, 0.25) is 0 Å². The number of fused-ring (bicyclic) bond motifs is 5. The average molecular weight is 467 g/mol. The third kappa shape index (κ3) is 3.76. The molecule has 186 valence electrons. The van der Waals surface area contributed by atoms with Crippen molar-refractivity contribution in [1.29, 1.82) is 0 Å². The van der Waals surface area contributed by atoms with Crippen LogP contribution in [0.4, 0.5) is 0 Å². The number of aromatic hydroxyl groups is 1. The first-order valence-corrected chi connectivity index (χ1v) is 13.5. The number of phenols is 1. The molecular weight excluding hydrogens is 424 g/mol. The molecular formula is C30H42O4. The Morgan fingerprint density at radius 3 is 2.47 bits per heavy atom. The summed E-state index contributed by atoms with van der Waals surface area (Å²) >= 11 is 0. The van der Waals surface area contributed by atoms with Crippen LogP contribution in [0.25, 0.3) is 0 Å². The van der Waals surface area contributed by atoms with Crippen molar-refractivity contribution < 1.29 is 19.7 Å². The molecule has 0 spiro atoms. The fraction of sp³-hybridized carbons (Fsp3) is 0.700. The highest BCUT2D eigenvalue weighted by Gasteiger charge is 2.61. The highest BCUT2D eigenvalue weighted by Crippen LogP contribution is 2.68. The van der Waals surface area contributed by atoms with Crippen LogP contribution in [0, 0.1) is 40.4 Å². The molecule has 0 heterocycles. The fourth-order valence-electron chi connectivity index (χ4n) is 8.77. The number of benzene rings is 1. The predicted octanol–water partition coefficient (Wildman–Crippen LogP) is 6.40.